The minimum absolute atomic E-state index is 0.0800. The van der Waals surface area contributed by atoms with Gasteiger partial charge in [0.2, 0.25) is 6.79 Å². The summed E-state index contributed by atoms with van der Waals surface area (Å²) in [5.74, 6) is 1.52. The van der Waals surface area contributed by atoms with Crippen molar-refractivity contribution in [2.75, 3.05) is 13.8 Å². The summed E-state index contributed by atoms with van der Waals surface area (Å²) >= 11 is 0. The quantitative estimate of drug-likeness (QED) is 0.810. The zero-order valence-electron chi connectivity index (χ0n) is 8.74. The molecule has 0 radical (unpaired) electrons. The molecule has 4 nitrogen and oxygen atoms in total. The highest BCUT2D eigenvalue weighted by Crippen LogP contribution is 2.34. The van der Waals surface area contributed by atoms with Gasteiger partial charge in [-0.3, -0.25) is 4.79 Å². The molecule has 0 amide bonds. The normalized spacial score (nSPS) is 15.1. The van der Waals surface area contributed by atoms with Crippen molar-refractivity contribution in [2.45, 2.75) is 13.0 Å². The summed E-state index contributed by atoms with van der Waals surface area (Å²) in [4.78, 5) is 11.3. The van der Waals surface area contributed by atoms with Gasteiger partial charge in [-0.2, -0.15) is 0 Å². The van der Waals surface area contributed by atoms with E-state index in [1.54, 1.807) is 14.0 Å². The van der Waals surface area contributed by atoms with Gasteiger partial charge in [-0.15, -0.1) is 0 Å². The average molecular weight is 207 g/mol. The number of hydrogen-bond donors (Lipinski definition) is 1. The van der Waals surface area contributed by atoms with Crippen LogP contribution < -0.4 is 14.8 Å². The third-order valence-corrected chi connectivity index (χ3v) is 2.43. The van der Waals surface area contributed by atoms with E-state index in [4.69, 9.17) is 9.47 Å². The van der Waals surface area contributed by atoms with Gasteiger partial charge in [0.1, 0.15) is 0 Å². The number of ketones is 1. The van der Waals surface area contributed by atoms with E-state index in [2.05, 4.69) is 5.32 Å². The van der Waals surface area contributed by atoms with Crippen molar-refractivity contribution >= 4 is 5.78 Å². The Morgan fingerprint density at radius 2 is 2.13 bits per heavy atom. The van der Waals surface area contributed by atoms with Crippen molar-refractivity contribution in [1.29, 1.82) is 0 Å². The van der Waals surface area contributed by atoms with E-state index in [-0.39, 0.29) is 18.6 Å². The number of nitrogens with one attached hydrogen (secondary N) is 1. The summed E-state index contributed by atoms with van der Waals surface area (Å²) in [7, 11) is 1.76. The summed E-state index contributed by atoms with van der Waals surface area (Å²) in [6.45, 7) is 1.81. The average Bonchev–Trinajstić information content (AvgIpc) is 2.65. The van der Waals surface area contributed by atoms with E-state index in [1.807, 2.05) is 18.2 Å². The van der Waals surface area contributed by atoms with Crippen LogP contribution in [-0.2, 0) is 4.79 Å². The molecule has 80 valence electrons. The van der Waals surface area contributed by atoms with E-state index in [9.17, 15) is 4.79 Å². The number of carbonyl (C=O) groups is 1. The first-order valence-corrected chi connectivity index (χ1v) is 4.79. The molecule has 1 aliphatic rings. The van der Waals surface area contributed by atoms with Crippen LogP contribution in [0.1, 0.15) is 18.5 Å². The Balaban J connectivity index is 2.32. The van der Waals surface area contributed by atoms with E-state index in [1.165, 1.54) is 0 Å². The van der Waals surface area contributed by atoms with Crippen LogP contribution in [-0.4, -0.2) is 19.6 Å². The van der Waals surface area contributed by atoms with Crippen molar-refractivity contribution in [3.63, 3.8) is 0 Å². The lowest BCUT2D eigenvalue weighted by atomic mass is 10.0. The zero-order valence-corrected chi connectivity index (χ0v) is 8.74. The maximum absolute atomic E-state index is 11.3. The molecule has 2 rings (SSSR count). The second kappa shape index (κ2) is 3.90. The predicted octanol–water partition coefficient (Wildman–Crippen LogP) is 1.26. The number of Topliss-reactive ketones (excluding diaryl/α,β-unsaturated/α-hetero) is 1. The number of benzene rings is 1. The number of fused-ring (bicyclic) bond motifs is 1. The molecule has 0 aromatic heterocycles. The largest absolute Gasteiger partial charge is 0.454 e. The monoisotopic (exact) mass is 207 g/mol. The van der Waals surface area contributed by atoms with Gasteiger partial charge in [-0.1, -0.05) is 6.07 Å². The van der Waals surface area contributed by atoms with Crippen molar-refractivity contribution in [3.8, 4) is 11.5 Å². The highest BCUT2D eigenvalue weighted by molar-refractivity contribution is 5.83. The van der Waals surface area contributed by atoms with Crippen molar-refractivity contribution in [2.24, 2.45) is 0 Å². The molecule has 1 aromatic rings. The van der Waals surface area contributed by atoms with Crippen LogP contribution in [0.15, 0.2) is 18.2 Å². The van der Waals surface area contributed by atoms with Crippen molar-refractivity contribution in [3.05, 3.63) is 23.8 Å². The van der Waals surface area contributed by atoms with Crippen LogP contribution in [0.3, 0.4) is 0 Å². The first-order chi connectivity index (χ1) is 7.22. The summed E-state index contributed by atoms with van der Waals surface area (Å²) in [6, 6.07) is 5.26. The summed E-state index contributed by atoms with van der Waals surface area (Å²) in [6.07, 6.45) is 0. The van der Waals surface area contributed by atoms with Crippen LogP contribution in [0, 0.1) is 0 Å². The van der Waals surface area contributed by atoms with Crippen LogP contribution >= 0.6 is 0 Å². The maximum Gasteiger partial charge on any atom is 0.231 e. The molecule has 1 aromatic carbocycles. The van der Waals surface area contributed by atoms with E-state index in [0.29, 0.717) is 5.75 Å². The summed E-state index contributed by atoms with van der Waals surface area (Å²) < 4.78 is 10.5. The molecule has 15 heavy (non-hydrogen) atoms. The number of rotatable bonds is 3. The zero-order chi connectivity index (χ0) is 10.8. The molecule has 1 aliphatic heterocycles. The van der Waals surface area contributed by atoms with Gasteiger partial charge in [0.05, 0.1) is 6.04 Å². The number of carbonyl (C=O) groups excluding carboxylic acids is 1. The molecular formula is C11H13NO3. The third kappa shape index (κ3) is 1.80. The smallest absolute Gasteiger partial charge is 0.231 e. The van der Waals surface area contributed by atoms with Gasteiger partial charge in [0.15, 0.2) is 17.3 Å². The Labute approximate surface area is 88.2 Å². The molecule has 0 saturated carbocycles. The molecule has 0 saturated heterocycles. The number of hydrogen-bond acceptors (Lipinski definition) is 4. The SMILES string of the molecule is CNC(C(C)=O)c1ccc2c(c1)OCO2. The maximum atomic E-state index is 11.3. The molecule has 1 N–H and O–H groups in total. The molecule has 0 bridgehead atoms. The number of likely N-dealkylation sites (N-methyl/N-ethyl adjacent to an activating group) is 1. The fourth-order valence-electron chi connectivity index (χ4n) is 1.70. The standard InChI is InChI=1S/C11H13NO3/c1-7(13)11(12-2)8-3-4-9-10(5-8)15-6-14-9/h3-5,11-12H,6H2,1-2H3. The fraction of sp³-hybridized carbons (Fsp3) is 0.364. The van der Waals surface area contributed by atoms with Gasteiger partial charge in [-0.05, 0) is 31.7 Å². The lowest BCUT2D eigenvalue weighted by molar-refractivity contribution is -0.119. The molecule has 0 spiro atoms. The van der Waals surface area contributed by atoms with Gasteiger partial charge in [0, 0.05) is 0 Å². The molecular weight excluding hydrogens is 194 g/mol. The van der Waals surface area contributed by atoms with Gasteiger partial charge >= 0.3 is 0 Å². The van der Waals surface area contributed by atoms with Crippen molar-refractivity contribution < 1.29 is 14.3 Å². The van der Waals surface area contributed by atoms with Crippen LogP contribution in [0.25, 0.3) is 0 Å². The number of ether oxygens (including phenoxy) is 2. The third-order valence-electron chi connectivity index (χ3n) is 2.43. The van der Waals surface area contributed by atoms with Gasteiger partial charge in [0.25, 0.3) is 0 Å². The Kier molecular flexibility index (Phi) is 2.60. The van der Waals surface area contributed by atoms with E-state index < -0.39 is 0 Å². The predicted molar refractivity (Wildman–Crippen MR) is 55.0 cm³/mol. The minimum Gasteiger partial charge on any atom is -0.454 e. The first-order valence-electron chi connectivity index (χ1n) is 4.79. The Morgan fingerprint density at radius 3 is 2.80 bits per heavy atom. The highest BCUT2D eigenvalue weighted by atomic mass is 16.7. The molecule has 0 aliphatic carbocycles. The Morgan fingerprint density at radius 1 is 1.40 bits per heavy atom. The minimum atomic E-state index is -0.278. The first kappa shape index (κ1) is 9.98. The second-order valence-corrected chi connectivity index (χ2v) is 3.45. The summed E-state index contributed by atoms with van der Waals surface area (Å²) in [5, 5.41) is 2.96. The van der Waals surface area contributed by atoms with Gasteiger partial charge < -0.3 is 14.8 Å². The molecule has 1 unspecified atom stereocenters. The lowest BCUT2D eigenvalue weighted by Crippen LogP contribution is -2.23. The second-order valence-electron chi connectivity index (χ2n) is 3.45. The van der Waals surface area contributed by atoms with Crippen LogP contribution in [0.4, 0.5) is 0 Å². The summed E-state index contributed by atoms with van der Waals surface area (Å²) in [5.41, 5.74) is 0.897. The highest BCUT2D eigenvalue weighted by Gasteiger charge is 2.19. The molecule has 4 heteroatoms. The Hall–Kier alpha value is -1.55. The fourth-order valence-corrected chi connectivity index (χ4v) is 1.70. The van der Waals surface area contributed by atoms with Crippen molar-refractivity contribution in [1.82, 2.24) is 5.32 Å². The van der Waals surface area contributed by atoms with Gasteiger partial charge in [-0.25, -0.2) is 0 Å². The Bertz CT molecular complexity index is 389. The molecule has 1 atom stereocenters. The van der Waals surface area contributed by atoms with E-state index >= 15 is 0 Å². The lowest BCUT2D eigenvalue weighted by Gasteiger charge is -2.13. The van der Waals surface area contributed by atoms with Crippen LogP contribution in [0.5, 0.6) is 11.5 Å². The van der Waals surface area contributed by atoms with E-state index in [0.717, 1.165) is 11.3 Å². The topological polar surface area (TPSA) is 47.6 Å². The van der Waals surface area contributed by atoms with Crippen LogP contribution in [0.2, 0.25) is 0 Å². The molecule has 0 fully saturated rings. The molecule has 1 heterocycles.